The summed E-state index contributed by atoms with van der Waals surface area (Å²) in [5, 5.41) is 6.57. The van der Waals surface area contributed by atoms with Crippen LogP contribution in [-0.4, -0.2) is 25.5 Å². The summed E-state index contributed by atoms with van der Waals surface area (Å²) in [4.78, 5) is 24.2. The maximum atomic E-state index is 12.2. The van der Waals surface area contributed by atoms with Crippen LogP contribution in [0.3, 0.4) is 0 Å². The van der Waals surface area contributed by atoms with Gasteiger partial charge in [0.1, 0.15) is 11.1 Å². The van der Waals surface area contributed by atoms with Crippen LogP contribution >= 0.6 is 15.9 Å². The predicted octanol–water partition coefficient (Wildman–Crippen LogP) is 2.20. The molecule has 0 aliphatic rings. The van der Waals surface area contributed by atoms with Gasteiger partial charge >= 0.3 is 5.63 Å². The minimum atomic E-state index is -0.608. The van der Waals surface area contributed by atoms with Crippen molar-refractivity contribution in [1.29, 1.82) is 0 Å². The van der Waals surface area contributed by atoms with Crippen molar-refractivity contribution in [2.45, 2.75) is 13.8 Å². The molecule has 2 rings (SSSR count). The third kappa shape index (κ3) is 3.51. The summed E-state index contributed by atoms with van der Waals surface area (Å²) in [6.07, 6.45) is 0. The lowest BCUT2D eigenvalue weighted by atomic mass is 10.1. The highest BCUT2D eigenvalue weighted by atomic mass is 79.9. The van der Waals surface area contributed by atoms with Crippen molar-refractivity contribution in [1.82, 2.24) is 10.6 Å². The van der Waals surface area contributed by atoms with E-state index in [1.807, 2.05) is 13.0 Å². The molecular weight excluding hydrogens is 336 g/mol. The van der Waals surface area contributed by atoms with Crippen molar-refractivity contribution in [3.63, 3.8) is 0 Å². The Bertz CT molecular complexity index is 725. The Kier molecular flexibility index (Phi) is 5.14. The first kappa shape index (κ1) is 15.7. The molecule has 0 atom stereocenters. The van der Waals surface area contributed by atoms with Crippen LogP contribution < -0.4 is 16.3 Å². The zero-order valence-corrected chi connectivity index (χ0v) is 13.5. The fourth-order valence-electron chi connectivity index (χ4n) is 2.12. The number of rotatable bonds is 5. The van der Waals surface area contributed by atoms with E-state index in [0.29, 0.717) is 24.2 Å². The molecule has 0 aliphatic carbocycles. The number of likely N-dealkylation sites (N-methyl/N-ethyl adjacent to an activating group) is 1. The lowest BCUT2D eigenvalue weighted by molar-refractivity contribution is 0.0950. The topological polar surface area (TPSA) is 71.3 Å². The second-order valence-electron chi connectivity index (χ2n) is 4.64. The van der Waals surface area contributed by atoms with Crippen LogP contribution in [-0.2, 0) is 0 Å². The third-order valence-corrected chi connectivity index (χ3v) is 3.69. The fourth-order valence-corrected chi connectivity index (χ4v) is 2.48. The number of halogens is 1. The molecule has 0 unspecified atom stereocenters. The van der Waals surface area contributed by atoms with Gasteiger partial charge in [0.25, 0.3) is 5.91 Å². The highest BCUT2D eigenvalue weighted by Crippen LogP contribution is 2.23. The first-order chi connectivity index (χ1) is 10.0. The summed E-state index contributed by atoms with van der Waals surface area (Å²) >= 11 is 3.38. The Labute approximate surface area is 130 Å². The molecule has 0 radical (unpaired) electrons. The number of hydrogen-bond acceptors (Lipinski definition) is 4. The number of amides is 1. The van der Waals surface area contributed by atoms with Crippen molar-refractivity contribution < 1.29 is 9.21 Å². The molecular formula is C15H17BrN2O3. The van der Waals surface area contributed by atoms with Crippen LogP contribution in [0.15, 0.2) is 31.9 Å². The summed E-state index contributed by atoms with van der Waals surface area (Å²) in [5.74, 6) is -0.402. The quantitative estimate of drug-likeness (QED) is 0.639. The second-order valence-corrected chi connectivity index (χ2v) is 5.56. The summed E-state index contributed by atoms with van der Waals surface area (Å²) in [7, 11) is 0. The molecule has 0 spiro atoms. The Morgan fingerprint density at radius 3 is 2.81 bits per heavy atom. The monoisotopic (exact) mass is 352 g/mol. The predicted molar refractivity (Wildman–Crippen MR) is 85.8 cm³/mol. The molecule has 0 bridgehead atoms. The largest absolute Gasteiger partial charge is 0.422 e. The maximum Gasteiger partial charge on any atom is 0.349 e. The number of aryl methyl sites for hydroxylation is 1. The van der Waals surface area contributed by atoms with Gasteiger partial charge in [0, 0.05) is 22.9 Å². The molecule has 2 N–H and O–H groups in total. The molecule has 0 saturated carbocycles. The molecule has 1 aromatic carbocycles. The van der Waals surface area contributed by atoms with Gasteiger partial charge in [0.05, 0.1) is 0 Å². The molecule has 1 amide bonds. The summed E-state index contributed by atoms with van der Waals surface area (Å²) in [6, 6.07) is 5.34. The van der Waals surface area contributed by atoms with Gasteiger partial charge in [-0.2, -0.15) is 0 Å². The number of benzene rings is 1. The van der Waals surface area contributed by atoms with E-state index >= 15 is 0 Å². The van der Waals surface area contributed by atoms with Gasteiger partial charge in [0.2, 0.25) is 0 Å². The fraction of sp³-hybridized carbons (Fsp3) is 0.333. The molecule has 6 heteroatoms. The van der Waals surface area contributed by atoms with Gasteiger partial charge in [0.15, 0.2) is 0 Å². The van der Waals surface area contributed by atoms with E-state index < -0.39 is 11.5 Å². The van der Waals surface area contributed by atoms with Crippen molar-refractivity contribution in [2.75, 3.05) is 19.6 Å². The Morgan fingerprint density at radius 2 is 2.10 bits per heavy atom. The summed E-state index contributed by atoms with van der Waals surface area (Å²) < 4.78 is 6.09. The van der Waals surface area contributed by atoms with Gasteiger partial charge in [-0.05, 0) is 37.2 Å². The minimum absolute atomic E-state index is 0.0668. The molecule has 0 saturated heterocycles. The number of fused-ring (bicyclic) bond motifs is 1. The smallest absolute Gasteiger partial charge is 0.349 e. The number of hydrogen-bond donors (Lipinski definition) is 2. The third-order valence-electron chi connectivity index (χ3n) is 3.19. The number of carbonyl (C=O) groups is 1. The molecule has 5 nitrogen and oxygen atoms in total. The Morgan fingerprint density at radius 1 is 1.33 bits per heavy atom. The molecule has 21 heavy (non-hydrogen) atoms. The molecule has 112 valence electrons. The van der Waals surface area contributed by atoms with Crippen LogP contribution in [0.25, 0.3) is 11.0 Å². The van der Waals surface area contributed by atoms with Gasteiger partial charge in [-0.25, -0.2) is 4.79 Å². The first-order valence-electron chi connectivity index (χ1n) is 6.76. The highest BCUT2D eigenvalue weighted by Gasteiger charge is 2.18. The van der Waals surface area contributed by atoms with Gasteiger partial charge in [-0.15, -0.1) is 0 Å². The average molecular weight is 353 g/mol. The van der Waals surface area contributed by atoms with Crippen molar-refractivity contribution in [3.8, 4) is 0 Å². The van der Waals surface area contributed by atoms with Gasteiger partial charge < -0.3 is 15.1 Å². The van der Waals surface area contributed by atoms with Crippen molar-refractivity contribution in [2.24, 2.45) is 0 Å². The summed E-state index contributed by atoms with van der Waals surface area (Å²) in [6.45, 7) is 5.70. The van der Waals surface area contributed by atoms with Crippen LogP contribution in [0.4, 0.5) is 0 Å². The zero-order chi connectivity index (χ0) is 15.4. The summed E-state index contributed by atoms with van der Waals surface area (Å²) in [5.41, 5.74) is 0.564. The lowest BCUT2D eigenvalue weighted by Gasteiger charge is -2.09. The highest BCUT2D eigenvalue weighted by molar-refractivity contribution is 9.10. The second kappa shape index (κ2) is 6.87. The van der Waals surface area contributed by atoms with E-state index in [9.17, 15) is 9.59 Å². The van der Waals surface area contributed by atoms with Crippen LogP contribution in [0.1, 0.15) is 22.8 Å². The van der Waals surface area contributed by atoms with E-state index in [4.69, 9.17) is 4.42 Å². The average Bonchev–Trinajstić information content (AvgIpc) is 2.44. The van der Waals surface area contributed by atoms with Gasteiger partial charge in [-0.1, -0.05) is 22.9 Å². The normalized spacial score (nSPS) is 10.8. The molecule has 1 aromatic heterocycles. The molecule has 0 aliphatic heterocycles. The lowest BCUT2D eigenvalue weighted by Crippen LogP contribution is -2.34. The van der Waals surface area contributed by atoms with Crippen LogP contribution in [0.5, 0.6) is 0 Å². The zero-order valence-electron chi connectivity index (χ0n) is 12.0. The van der Waals surface area contributed by atoms with E-state index in [0.717, 1.165) is 16.4 Å². The standard InChI is InChI=1S/C15H17BrN2O3/c1-3-17-6-7-18-14(19)13-9(2)11-8-10(16)4-5-12(11)21-15(13)20/h4-5,8,17H,3,6-7H2,1-2H3,(H,18,19). The first-order valence-corrected chi connectivity index (χ1v) is 7.55. The number of carbonyl (C=O) groups excluding carboxylic acids is 1. The SMILES string of the molecule is CCNCCNC(=O)c1c(C)c2cc(Br)ccc2oc1=O. The van der Waals surface area contributed by atoms with Crippen LogP contribution in [0.2, 0.25) is 0 Å². The van der Waals surface area contributed by atoms with E-state index in [1.54, 1.807) is 19.1 Å². The van der Waals surface area contributed by atoms with Crippen LogP contribution in [0, 0.1) is 6.92 Å². The molecule has 0 fully saturated rings. The van der Waals surface area contributed by atoms with E-state index in [-0.39, 0.29) is 5.56 Å². The van der Waals surface area contributed by atoms with Gasteiger partial charge in [-0.3, -0.25) is 4.79 Å². The number of nitrogens with one attached hydrogen (secondary N) is 2. The molecule has 1 heterocycles. The van der Waals surface area contributed by atoms with Crippen molar-refractivity contribution >= 4 is 32.8 Å². The molecule has 2 aromatic rings. The Hall–Kier alpha value is -1.66. The van der Waals surface area contributed by atoms with E-state index in [1.165, 1.54) is 0 Å². The van der Waals surface area contributed by atoms with Crippen molar-refractivity contribution in [3.05, 3.63) is 44.2 Å². The minimum Gasteiger partial charge on any atom is -0.422 e. The Balaban J connectivity index is 2.35. The van der Waals surface area contributed by atoms with E-state index in [2.05, 4.69) is 26.6 Å². The maximum absolute atomic E-state index is 12.2.